The van der Waals surface area contributed by atoms with E-state index in [0.29, 0.717) is 19.8 Å². The van der Waals surface area contributed by atoms with Gasteiger partial charge in [-0.25, -0.2) is 17.5 Å². The van der Waals surface area contributed by atoms with E-state index in [1.807, 2.05) is 11.8 Å². The Bertz CT molecular complexity index is 657. The molecule has 3 rings (SSSR count). The van der Waals surface area contributed by atoms with Crippen LogP contribution >= 0.6 is 11.8 Å². The minimum absolute atomic E-state index is 0.201. The van der Waals surface area contributed by atoms with Crippen LogP contribution in [-0.2, 0) is 14.8 Å². The summed E-state index contributed by atoms with van der Waals surface area (Å²) in [5, 5.41) is 0. The SMILES string of the molecule is O=S(=O)(NCC1(N2CCOCC2)CCSCC1)c1ccccc1F. The van der Waals surface area contributed by atoms with E-state index in [4.69, 9.17) is 4.74 Å². The van der Waals surface area contributed by atoms with Crippen LogP contribution in [0.25, 0.3) is 0 Å². The normalized spacial score (nSPS) is 22.4. The second-order valence-corrected chi connectivity index (χ2v) is 9.15. The maximum Gasteiger partial charge on any atom is 0.243 e. The Morgan fingerprint density at radius 3 is 2.54 bits per heavy atom. The van der Waals surface area contributed by atoms with E-state index < -0.39 is 15.8 Å². The summed E-state index contributed by atoms with van der Waals surface area (Å²) in [6, 6.07) is 5.49. The highest BCUT2D eigenvalue weighted by Gasteiger charge is 2.39. The number of sulfonamides is 1. The Balaban J connectivity index is 1.77. The molecule has 0 aliphatic carbocycles. The first-order chi connectivity index (χ1) is 11.5. The quantitative estimate of drug-likeness (QED) is 0.850. The molecule has 2 fully saturated rings. The standard InChI is InChI=1S/C16H23FN2O3S2/c17-14-3-1-2-4-15(14)24(20,21)18-13-16(5-11-23-12-6-16)19-7-9-22-10-8-19/h1-4,18H,5-13H2. The van der Waals surface area contributed by atoms with Crippen molar-refractivity contribution in [1.29, 1.82) is 0 Å². The molecule has 0 bridgehead atoms. The Hall–Kier alpha value is -0.670. The number of rotatable bonds is 5. The molecule has 2 saturated heterocycles. The van der Waals surface area contributed by atoms with Crippen molar-refractivity contribution in [3.63, 3.8) is 0 Å². The van der Waals surface area contributed by atoms with Crippen molar-refractivity contribution >= 4 is 21.8 Å². The molecule has 0 radical (unpaired) electrons. The van der Waals surface area contributed by atoms with Gasteiger partial charge in [0.25, 0.3) is 0 Å². The summed E-state index contributed by atoms with van der Waals surface area (Å²) in [5.74, 6) is 1.31. The number of morpholine rings is 1. The Morgan fingerprint density at radius 1 is 1.21 bits per heavy atom. The molecule has 1 aromatic rings. The van der Waals surface area contributed by atoms with Crippen LogP contribution in [0.5, 0.6) is 0 Å². The van der Waals surface area contributed by atoms with Gasteiger partial charge in [-0.2, -0.15) is 11.8 Å². The van der Waals surface area contributed by atoms with Gasteiger partial charge in [0, 0.05) is 25.2 Å². The smallest absolute Gasteiger partial charge is 0.243 e. The maximum atomic E-state index is 13.9. The summed E-state index contributed by atoms with van der Waals surface area (Å²) in [4.78, 5) is 2.06. The molecule has 134 valence electrons. The first kappa shape index (κ1) is 18.1. The van der Waals surface area contributed by atoms with E-state index in [1.165, 1.54) is 24.3 Å². The lowest BCUT2D eigenvalue weighted by molar-refractivity contribution is -0.0242. The van der Waals surface area contributed by atoms with E-state index in [-0.39, 0.29) is 10.4 Å². The van der Waals surface area contributed by atoms with Gasteiger partial charge in [-0.15, -0.1) is 0 Å². The Kier molecular flexibility index (Phi) is 5.82. The first-order valence-electron chi connectivity index (χ1n) is 8.18. The molecule has 1 N–H and O–H groups in total. The average Bonchev–Trinajstić information content (AvgIpc) is 2.62. The van der Waals surface area contributed by atoms with Crippen molar-refractivity contribution in [2.24, 2.45) is 0 Å². The molecule has 0 aromatic heterocycles. The van der Waals surface area contributed by atoms with Crippen LogP contribution in [0.3, 0.4) is 0 Å². The molecule has 8 heteroatoms. The predicted octanol–water partition coefficient (Wildman–Crippen LogP) is 1.70. The fraction of sp³-hybridized carbons (Fsp3) is 0.625. The third-order valence-corrected chi connectivity index (χ3v) is 7.24. The Morgan fingerprint density at radius 2 is 1.88 bits per heavy atom. The number of benzene rings is 1. The molecule has 0 saturated carbocycles. The summed E-state index contributed by atoms with van der Waals surface area (Å²) >= 11 is 1.90. The number of hydrogen-bond acceptors (Lipinski definition) is 5. The van der Waals surface area contributed by atoms with E-state index >= 15 is 0 Å². The van der Waals surface area contributed by atoms with Gasteiger partial charge in [0.15, 0.2) is 0 Å². The third kappa shape index (κ3) is 3.94. The summed E-state index contributed by atoms with van der Waals surface area (Å²) in [6.45, 7) is 3.28. The molecule has 1 aromatic carbocycles. The molecule has 0 amide bonds. The van der Waals surface area contributed by atoms with E-state index in [9.17, 15) is 12.8 Å². The van der Waals surface area contributed by atoms with E-state index in [2.05, 4.69) is 9.62 Å². The second kappa shape index (κ2) is 7.70. The minimum atomic E-state index is -3.86. The lowest BCUT2D eigenvalue weighted by atomic mass is 9.89. The van der Waals surface area contributed by atoms with Gasteiger partial charge in [-0.05, 0) is 36.5 Å². The number of nitrogens with one attached hydrogen (secondary N) is 1. The molecule has 2 heterocycles. The Labute approximate surface area is 147 Å². The summed E-state index contributed by atoms with van der Waals surface area (Å²) < 4.78 is 47.0. The van der Waals surface area contributed by atoms with Gasteiger partial charge in [0.05, 0.1) is 13.2 Å². The van der Waals surface area contributed by atoms with E-state index in [0.717, 1.165) is 37.4 Å². The van der Waals surface area contributed by atoms with Crippen LogP contribution in [0.4, 0.5) is 4.39 Å². The maximum absolute atomic E-state index is 13.9. The highest BCUT2D eigenvalue weighted by molar-refractivity contribution is 7.99. The monoisotopic (exact) mass is 374 g/mol. The van der Waals surface area contributed by atoms with Crippen molar-refractivity contribution in [2.45, 2.75) is 23.3 Å². The topological polar surface area (TPSA) is 58.6 Å². The molecule has 0 unspecified atom stereocenters. The fourth-order valence-corrected chi connectivity index (χ4v) is 5.81. The van der Waals surface area contributed by atoms with Crippen molar-refractivity contribution < 1.29 is 17.5 Å². The average molecular weight is 375 g/mol. The van der Waals surface area contributed by atoms with Crippen molar-refractivity contribution in [1.82, 2.24) is 9.62 Å². The molecule has 24 heavy (non-hydrogen) atoms. The number of thioether (sulfide) groups is 1. The summed E-state index contributed by atoms with van der Waals surface area (Å²) in [5.41, 5.74) is -0.201. The van der Waals surface area contributed by atoms with Crippen molar-refractivity contribution in [3.8, 4) is 0 Å². The van der Waals surface area contributed by atoms with Crippen LogP contribution < -0.4 is 4.72 Å². The number of nitrogens with zero attached hydrogens (tertiary/aromatic N) is 1. The molecular formula is C16H23FN2O3S2. The van der Waals surface area contributed by atoms with Crippen LogP contribution in [0.1, 0.15) is 12.8 Å². The molecule has 2 aliphatic heterocycles. The van der Waals surface area contributed by atoms with Gasteiger partial charge in [-0.3, -0.25) is 4.90 Å². The lowest BCUT2D eigenvalue weighted by Crippen LogP contribution is -2.60. The van der Waals surface area contributed by atoms with Crippen LogP contribution in [0.15, 0.2) is 29.2 Å². The molecule has 0 atom stereocenters. The number of halogens is 1. The van der Waals surface area contributed by atoms with Gasteiger partial charge in [-0.1, -0.05) is 12.1 Å². The zero-order valence-corrected chi connectivity index (χ0v) is 15.2. The molecule has 5 nitrogen and oxygen atoms in total. The highest BCUT2D eigenvalue weighted by atomic mass is 32.2. The van der Waals surface area contributed by atoms with Gasteiger partial charge in [0.2, 0.25) is 10.0 Å². The summed E-state index contributed by atoms with van der Waals surface area (Å²) in [7, 11) is -3.86. The highest BCUT2D eigenvalue weighted by Crippen LogP contribution is 2.33. The van der Waals surface area contributed by atoms with Crippen LogP contribution in [0.2, 0.25) is 0 Å². The van der Waals surface area contributed by atoms with Gasteiger partial charge < -0.3 is 4.74 Å². The molecule has 0 spiro atoms. The molecule has 2 aliphatic rings. The first-order valence-corrected chi connectivity index (χ1v) is 10.8. The zero-order valence-electron chi connectivity index (χ0n) is 13.5. The van der Waals surface area contributed by atoms with Gasteiger partial charge in [0.1, 0.15) is 10.7 Å². The van der Waals surface area contributed by atoms with Crippen LogP contribution in [0, 0.1) is 5.82 Å². The number of hydrogen-bond donors (Lipinski definition) is 1. The zero-order chi connectivity index (χ0) is 17.0. The fourth-order valence-electron chi connectivity index (χ4n) is 3.36. The largest absolute Gasteiger partial charge is 0.379 e. The predicted molar refractivity (Wildman–Crippen MR) is 93.3 cm³/mol. The van der Waals surface area contributed by atoms with Crippen molar-refractivity contribution in [3.05, 3.63) is 30.1 Å². The van der Waals surface area contributed by atoms with Crippen LogP contribution in [-0.4, -0.2) is 63.2 Å². The summed E-state index contributed by atoms with van der Waals surface area (Å²) in [6.07, 6.45) is 1.86. The lowest BCUT2D eigenvalue weighted by Gasteiger charge is -2.48. The van der Waals surface area contributed by atoms with Crippen molar-refractivity contribution in [2.75, 3.05) is 44.4 Å². The second-order valence-electron chi connectivity index (χ2n) is 6.19. The molecular weight excluding hydrogens is 351 g/mol. The minimum Gasteiger partial charge on any atom is -0.379 e. The third-order valence-electron chi connectivity index (χ3n) is 4.82. The number of ether oxygens (including phenoxy) is 1. The van der Waals surface area contributed by atoms with E-state index in [1.54, 1.807) is 0 Å². The van der Waals surface area contributed by atoms with Gasteiger partial charge >= 0.3 is 0 Å².